The fraction of sp³-hybridized carbons (Fsp3) is 0.667. The van der Waals surface area contributed by atoms with E-state index < -0.39 is 0 Å². The lowest BCUT2D eigenvalue weighted by Gasteiger charge is -2.24. The van der Waals surface area contributed by atoms with Crippen molar-refractivity contribution in [2.24, 2.45) is 16.2 Å². The summed E-state index contributed by atoms with van der Waals surface area (Å²) in [5.74, 6) is 5.34. The highest BCUT2D eigenvalue weighted by molar-refractivity contribution is 5.14. The van der Waals surface area contributed by atoms with Crippen LogP contribution in [0, 0.1) is 0 Å². The molecule has 0 aromatic rings. The topological polar surface area (TPSA) is 54.0 Å². The van der Waals surface area contributed by atoms with E-state index in [0.717, 1.165) is 5.57 Å². The van der Waals surface area contributed by atoms with Crippen molar-refractivity contribution in [3.63, 3.8) is 0 Å². The molecule has 0 saturated heterocycles. The fourth-order valence-corrected chi connectivity index (χ4v) is 0.625. The highest BCUT2D eigenvalue weighted by atomic mass is 15.7. The molecule has 0 unspecified atom stereocenters. The van der Waals surface area contributed by atoms with Crippen molar-refractivity contribution in [1.82, 2.24) is 5.12 Å². The van der Waals surface area contributed by atoms with E-state index in [1.165, 1.54) is 5.12 Å². The summed E-state index contributed by atoms with van der Waals surface area (Å²) >= 11 is 0. The molecular weight excluding hydrogens is 128 g/mol. The monoisotopic (exact) mass is 140 g/mol. The van der Waals surface area contributed by atoms with Crippen LogP contribution in [0.4, 0.5) is 0 Å². The van der Waals surface area contributed by atoms with Gasteiger partial charge in [0.05, 0.1) is 0 Å². The Bertz CT molecular complexity index is 192. The molecule has 0 aromatic carbocycles. The Kier molecular flexibility index (Phi) is 1.48. The van der Waals surface area contributed by atoms with Crippen molar-refractivity contribution in [2.45, 2.75) is 26.3 Å². The van der Waals surface area contributed by atoms with E-state index in [1.807, 2.05) is 20.8 Å². The maximum atomic E-state index is 5.34. The molecule has 0 amide bonds. The van der Waals surface area contributed by atoms with Gasteiger partial charge in [0.1, 0.15) is 5.54 Å². The summed E-state index contributed by atoms with van der Waals surface area (Å²) in [6.07, 6.45) is 1.77. The first-order valence-corrected chi connectivity index (χ1v) is 3.18. The zero-order valence-electron chi connectivity index (χ0n) is 6.50. The van der Waals surface area contributed by atoms with Gasteiger partial charge >= 0.3 is 0 Å². The van der Waals surface area contributed by atoms with E-state index in [1.54, 1.807) is 6.20 Å². The number of rotatable bonds is 0. The Balaban J connectivity index is 2.87. The van der Waals surface area contributed by atoms with E-state index in [2.05, 4.69) is 10.3 Å². The second kappa shape index (κ2) is 2.05. The summed E-state index contributed by atoms with van der Waals surface area (Å²) < 4.78 is 0. The molecule has 4 nitrogen and oxygen atoms in total. The van der Waals surface area contributed by atoms with Gasteiger partial charge in [-0.05, 0) is 26.3 Å². The summed E-state index contributed by atoms with van der Waals surface area (Å²) in [7, 11) is 0. The molecule has 0 bridgehead atoms. The number of hydrazine groups is 1. The second-order valence-electron chi connectivity index (χ2n) is 2.94. The van der Waals surface area contributed by atoms with Gasteiger partial charge in [-0.3, -0.25) is 0 Å². The van der Waals surface area contributed by atoms with Crippen LogP contribution in [-0.2, 0) is 0 Å². The van der Waals surface area contributed by atoms with E-state index in [-0.39, 0.29) is 5.54 Å². The smallest absolute Gasteiger partial charge is 0.101 e. The average Bonchev–Trinajstić information content (AvgIpc) is 1.81. The van der Waals surface area contributed by atoms with Crippen molar-refractivity contribution in [1.29, 1.82) is 0 Å². The molecule has 0 saturated carbocycles. The van der Waals surface area contributed by atoms with E-state index in [4.69, 9.17) is 5.84 Å². The largest absolute Gasteiger partial charge is 0.226 e. The molecule has 0 fully saturated rings. The van der Waals surface area contributed by atoms with Crippen LogP contribution in [-0.4, -0.2) is 10.7 Å². The minimum Gasteiger partial charge on any atom is -0.226 e. The van der Waals surface area contributed by atoms with Gasteiger partial charge in [0, 0.05) is 6.20 Å². The Morgan fingerprint density at radius 2 is 2.20 bits per heavy atom. The highest BCUT2D eigenvalue weighted by Gasteiger charge is 2.22. The lowest BCUT2D eigenvalue weighted by Crippen LogP contribution is -2.29. The van der Waals surface area contributed by atoms with E-state index in [0.29, 0.717) is 0 Å². The SMILES string of the molecule is CC1=CN(N)N=NC1(C)C. The molecular formula is C6H12N4. The molecule has 1 aliphatic heterocycles. The van der Waals surface area contributed by atoms with E-state index >= 15 is 0 Å². The number of hydrogen-bond acceptors (Lipinski definition) is 4. The average molecular weight is 140 g/mol. The molecule has 0 aromatic heterocycles. The molecule has 56 valence electrons. The molecule has 1 rings (SSSR count). The van der Waals surface area contributed by atoms with Gasteiger partial charge in [0.2, 0.25) is 0 Å². The fourth-order valence-electron chi connectivity index (χ4n) is 0.625. The van der Waals surface area contributed by atoms with Crippen LogP contribution in [0.1, 0.15) is 20.8 Å². The van der Waals surface area contributed by atoms with Crippen molar-refractivity contribution in [3.8, 4) is 0 Å². The molecule has 0 spiro atoms. The van der Waals surface area contributed by atoms with Crippen LogP contribution in [0.25, 0.3) is 0 Å². The summed E-state index contributed by atoms with van der Waals surface area (Å²) in [5.41, 5.74) is 0.931. The van der Waals surface area contributed by atoms with Crippen molar-refractivity contribution in [2.75, 3.05) is 0 Å². The van der Waals surface area contributed by atoms with Crippen molar-refractivity contribution < 1.29 is 0 Å². The summed E-state index contributed by atoms with van der Waals surface area (Å²) in [6, 6.07) is 0. The summed E-state index contributed by atoms with van der Waals surface area (Å²) in [4.78, 5) is 0. The van der Waals surface area contributed by atoms with Gasteiger partial charge in [0.15, 0.2) is 0 Å². The number of hydrogen-bond donors (Lipinski definition) is 1. The maximum absolute atomic E-state index is 5.34. The van der Waals surface area contributed by atoms with Crippen molar-refractivity contribution in [3.05, 3.63) is 11.8 Å². The standard InChI is InChI=1S/C6H12N4/c1-5-4-10(7)9-8-6(5,2)3/h4H,7H2,1-3H3. The highest BCUT2D eigenvalue weighted by Crippen LogP contribution is 2.23. The maximum Gasteiger partial charge on any atom is 0.101 e. The minimum absolute atomic E-state index is 0.185. The Morgan fingerprint density at radius 1 is 1.60 bits per heavy atom. The van der Waals surface area contributed by atoms with Gasteiger partial charge in [-0.1, -0.05) is 5.22 Å². The lowest BCUT2D eigenvalue weighted by atomic mass is 9.97. The van der Waals surface area contributed by atoms with Gasteiger partial charge in [0.25, 0.3) is 0 Å². The summed E-state index contributed by atoms with van der Waals surface area (Å²) in [5, 5.41) is 8.90. The quantitative estimate of drug-likeness (QED) is 0.514. The minimum atomic E-state index is -0.185. The van der Waals surface area contributed by atoms with Gasteiger partial charge in [-0.15, -0.1) is 0 Å². The molecule has 4 heteroatoms. The third-order valence-electron chi connectivity index (χ3n) is 1.69. The Morgan fingerprint density at radius 3 is 2.60 bits per heavy atom. The first kappa shape index (κ1) is 7.21. The Labute approximate surface area is 60.4 Å². The van der Waals surface area contributed by atoms with Gasteiger partial charge in [-0.25, -0.2) is 5.84 Å². The van der Waals surface area contributed by atoms with Crippen molar-refractivity contribution >= 4 is 0 Å². The second-order valence-corrected chi connectivity index (χ2v) is 2.94. The van der Waals surface area contributed by atoms with Crippen LogP contribution >= 0.6 is 0 Å². The third-order valence-corrected chi connectivity index (χ3v) is 1.69. The van der Waals surface area contributed by atoms with Crippen LogP contribution in [0.3, 0.4) is 0 Å². The molecule has 2 N–H and O–H groups in total. The van der Waals surface area contributed by atoms with Gasteiger partial charge in [-0.2, -0.15) is 10.2 Å². The zero-order valence-corrected chi connectivity index (χ0v) is 6.50. The van der Waals surface area contributed by atoms with E-state index in [9.17, 15) is 0 Å². The van der Waals surface area contributed by atoms with Crippen LogP contribution < -0.4 is 5.84 Å². The molecule has 0 radical (unpaired) electrons. The molecule has 0 aliphatic carbocycles. The predicted octanol–water partition coefficient (Wildman–Crippen LogP) is 1.23. The van der Waals surface area contributed by atoms with Gasteiger partial charge < -0.3 is 0 Å². The summed E-state index contributed by atoms with van der Waals surface area (Å²) in [6.45, 7) is 5.97. The molecule has 10 heavy (non-hydrogen) atoms. The lowest BCUT2D eigenvalue weighted by molar-refractivity contribution is 0.327. The first-order valence-electron chi connectivity index (χ1n) is 3.18. The Hall–Kier alpha value is -0.900. The first-order chi connectivity index (χ1) is 4.52. The van der Waals surface area contributed by atoms with Crippen LogP contribution in [0.2, 0.25) is 0 Å². The normalized spacial score (nSPS) is 22.8. The number of nitrogens with zero attached hydrogens (tertiary/aromatic N) is 3. The zero-order chi connectivity index (χ0) is 7.78. The molecule has 1 heterocycles. The predicted molar refractivity (Wildman–Crippen MR) is 38.7 cm³/mol. The van der Waals surface area contributed by atoms with Crippen LogP contribution in [0.5, 0.6) is 0 Å². The third kappa shape index (κ3) is 1.16. The molecule has 1 aliphatic rings. The molecule has 0 atom stereocenters. The number of nitrogens with two attached hydrogens (primary N) is 1. The van der Waals surface area contributed by atoms with Crippen LogP contribution in [0.15, 0.2) is 22.1 Å².